The van der Waals surface area contributed by atoms with E-state index in [1.807, 2.05) is 6.07 Å². The number of methoxy groups -OCH3 is 1. The van der Waals surface area contributed by atoms with Crippen molar-refractivity contribution in [2.24, 2.45) is 5.29 Å². The Morgan fingerprint density at radius 1 is 1.54 bits per heavy atom. The average Bonchev–Trinajstić information content (AvgIpc) is 2.16. The summed E-state index contributed by atoms with van der Waals surface area (Å²) in [6.45, 7) is 0. The van der Waals surface area contributed by atoms with Crippen LogP contribution in [0.2, 0.25) is 0 Å². The summed E-state index contributed by atoms with van der Waals surface area (Å²) < 4.78 is 5.97. The number of nitrogens with zero attached hydrogens (tertiary/aromatic N) is 2. The molecular formula is C8H9BrN2O2. The van der Waals surface area contributed by atoms with Crippen molar-refractivity contribution in [2.75, 3.05) is 19.2 Å². The maximum atomic E-state index is 10.3. The molecule has 0 amide bonds. The van der Waals surface area contributed by atoms with Gasteiger partial charge >= 0.3 is 0 Å². The zero-order chi connectivity index (χ0) is 9.84. The third-order valence-electron chi connectivity index (χ3n) is 1.61. The van der Waals surface area contributed by atoms with E-state index in [1.165, 1.54) is 5.01 Å². The van der Waals surface area contributed by atoms with E-state index in [-0.39, 0.29) is 0 Å². The summed E-state index contributed by atoms with van der Waals surface area (Å²) >= 11 is 3.30. The quantitative estimate of drug-likeness (QED) is 0.607. The summed E-state index contributed by atoms with van der Waals surface area (Å²) in [4.78, 5) is 10.3. The molecule has 13 heavy (non-hydrogen) atoms. The van der Waals surface area contributed by atoms with Crippen LogP contribution < -0.4 is 9.75 Å². The summed E-state index contributed by atoms with van der Waals surface area (Å²) in [5.74, 6) is 0.608. The van der Waals surface area contributed by atoms with E-state index in [4.69, 9.17) is 4.74 Å². The Balaban J connectivity index is 3.12. The van der Waals surface area contributed by atoms with Crippen molar-refractivity contribution < 1.29 is 4.74 Å². The van der Waals surface area contributed by atoms with E-state index in [2.05, 4.69) is 21.2 Å². The molecule has 1 aromatic rings. The molecule has 0 aliphatic heterocycles. The lowest BCUT2D eigenvalue weighted by atomic mass is 10.3. The summed E-state index contributed by atoms with van der Waals surface area (Å²) in [6.07, 6.45) is 0. The standard InChI is InChI=1S/C8H9BrN2O2/c1-11(10-12)7-4-3-6(9)5-8(7)13-2/h3-5H,1-2H3. The molecule has 70 valence electrons. The third kappa shape index (κ3) is 2.18. The first kappa shape index (κ1) is 9.98. The molecule has 0 atom stereocenters. The predicted molar refractivity (Wildman–Crippen MR) is 54.9 cm³/mol. The van der Waals surface area contributed by atoms with Gasteiger partial charge in [-0.2, -0.15) is 0 Å². The molecule has 0 unspecified atom stereocenters. The van der Waals surface area contributed by atoms with Crippen LogP contribution in [0.4, 0.5) is 5.69 Å². The molecule has 5 heteroatoms. The normalized spacial score (nSPS) is 9.46. The Morgan fingerprint density at radius 2 is 2.23 bits per heavy atom. The van der Waals surface area contributed by atoms with Gasteiger partial charge in [-0.1, -0.05) is 15.9 Å². The van der Waals surface area contributed by atoms with Crippen molar-refractivity contribution in [1.82, 2.24) is 0 Å². The van der Waals surface area contributed by atoms with Crippen molar-refractivity contribution in [3.05, 3.63) is 27.6 Å². The summed E-state index contributed by atoms with van der Waals surface area (Å²) in [6, 6.07) is 5.35. The van der Waals surface area contributed by atoms with E-state index < -0.39 is 0 Å². The molecule has 0 spiro atoms. The van der Waals surface area contributed by atoms with Gasteiger partial charge in [0, 0.05) is 11.5 Å². The predicted octanol–water partition coefficient (Wildman–Crippen LogP) is 2.58. The van der Waals surface area contributed by atoms with Gasteiger partial charge in [-0.3, -0.25) is 0 Å². The molecule has 4 nitrogen and oxygen atoms in total. The highest BCUT2D eigenvalue weighted by Crippen LogP contribution is 2.30. The fraction of sp³-hybridized carbons (Fsp3) is 0.250. The molecule has 0 N–H and O–H groups in total. The van der Waals surface area contributed by atoms with E-state index >= 15 is 0 Å². The number of hydrogen-bond donors (Lipinski definition) is 0. The van der Waals surface area contributed by atoms with Gasteiger partial charge in [0.1, 0.15) is 11.4 Å². The lowest BCUT2D eigenvalue weighted by Gasteiger charge is -2.12. The third-order valence-corrected chi connectivity index (χ3v) is 2.11. The van der Waals surface area contributed by atoms with Gasteiger partial charge in [0.15, 0.2) is 0 Å². The first-order chi connectivity index (χ1) is 6.19. The fourth-order valence-corrected chi connectivity index (χ4v) is 1.30. The van der Waals surface area contributed by atoms with Crippen LogP contribution in [-0.2, 0) is 0 Å². The number of rotatable bonds is 3. The number of ether oxygens (including phenoxy) is 1. The number of hydrogen-bond acceptors (Lipinski definition) is 3. The highest BCUT2D eigenvalue weighted by atomic mass is 79.9. The Labute approximate surface area is 84.6 Å². The number of anilines is 1. The van der Waals surface area contributed by atoms with Crippen LogP contribution in [0.1, 0.15) is 0 Å². The molecule has 0 saturated carbocycles. The molecule has 0 heterocycles. The lowest BCUT2D eigenvalue weighted by molar-refractivity contribution is 0.414. The first-order valence-electron chi connectivity index (χ1n) is 3.59. The van der Waals surface area contributed by atoms with Gasteiger partial charge in [0.05, 0.1) is 12.4 Å². The fourth-order valence-electron chi connectivity index (χ4n) is 0.963. The molecule has 1 aromatic carbocycles. The van der Waals surface area contributed by atoms with Crippen molar-refractivity contribution in [3.8, 4) is 5.75 Å². The van der Waals surface area contributed by atoms with Crippen LogP contribution in [0.25, 0.3) is 0 Å². The Hall–Kier alpha value is -1.10. The summed E-state index contributed by atoms with van der Waals surface area (Å²) in [7, 11) is 3.11. The number of halogens is 1. The van der Waals surface area contributed by atoms with Crippen LogP contribution in [0.15, 0.2) is 28.0 Å². The Kier molecular flexibility index (Phi) is 3.25. The molecule has 0 aliphatic carbocycles. The molecule has 0 fully saturated rings. The van der Waals surface area contributed by atoms with Gasteiger partial charge in [0.2, 0.25) is 0 Å². The lowest BCUT2D eigenvalue weighted by Crippen LogP contribution is -2.08. The van der Waals surface area contributed by atoms with Gasteiger partial charge in [-0.15, -0.1) is 4.91 Å². The highest BCUT2D eigenvalue weighted by Gasteiger charge is 2.07. The van der Waals surface area contributed by atoms with E-state index in [0.29, 0.717) is 11.4 Å². The summed E-state index contributed by atoms with van der Waals surface area (Å²) in [5, 5.41) is 4.00. The molecule has 0 aliphatic rings. The number of nitroso groups, excluding NO2 is 1. The first-order valence-corrected chi connectivity index (χ1v) is 4.39. The molecule has 1 rings (SSSR count). The van der Waals surface area contributed by atoms with Crippen molar-refractivity contribution in [3.63, 3.8) is 0 Å². The second-order valence-electron chi connectivity index (χ2n) is 2.42. The topological polar surface area (TPSA) is 41.9 Å². The van der Waals surface area contributed by atoms with Gasteiger partial charge in [-0.25, -0.2) is 5.01 Å². The maximum absolute atomic E-state index is 10.3. The molecule has 0 aromatic heterocycles. The Bertz CT molecular complexity index is 317. The van der Waals surface area contributed by atoms with Crippen LogP contribution in [-0.4, -0.2) is 14.2 Å². The zero-order valence-corrected chi connectivity index (χ0v) is 8.91. The second-order valence-corrected chi connectivity index (χ2v) is 3.34. The van der Waals surface area contributed by atoms with Crippen LogP contribution in [0, 0.1) is 4.91 Å². The van der Waals surface area contributed by atoms with Crippen molar-refractivity contribution in [2.45, 2.75) is 0 Å². The van der Waals surface area contributed by atoms with E-state index in [1.54, 1.807) is 26.3 Å². The zero-order valence-electron chi connectivity index (χ0n) is 7.32. The van der Waals surface area contributed by atoms with Crippen molar-refractivity contribution in [1.29, 1.82) is 0 Å². The average molecular weight is 245 g/mol. The van der Waals surface area contributed by atoms with E-state index in [0.717, 1.165) is 4.47 Å². The minimum absolute atomic E-state index is 0.608. The Morgan fingerprint density at radius 3 is 2.77 bits per heavy atom. The minimum atomic E-state index is 0.608. The van der Waals surface area contributed by atoms with Crippen LogP contribution in [0.5, 0.6) is 5.75 Å². The monoisotopic (exact) mass is 244 g/mol. The largest absolute Gasteiger partial charge is 0.494 e. The number of benzene rings is 1. The van der Waals surface area contributed by atoms with Crippen LogP contribution >= 0.6 is 15.9 Å². The van der Waals surface area contributed by atoms with Crippen LogP contribution in [0.3, 0.4) is 0 Å². The van der Waals surface area contributed by atoms with Crippen molar-refractivity contribution >= 4 is 21.6 Å². The molecular weight excluding hydrogens is 236 g/mol. The van der Waals surface area contributed by atoms with Gasteiger partial charge in [-0.05, 0) is 18.2 Å². The minimum Gasteiger partial charge on any atom is -0.494 e. The highest BCUT2D eigenvalue weighted by molar-refractivity contribution is 9.10. The van der Waals surface area contributed by atoms with Gasteiger partial charge in [0.25, 0.3) is 0 Å². The molecule has 0 radical (unpaired) electrons. The summed E-state index contributed by atoms with van der Waals surface area (Å²) in [5.41, 5.74) is 0.640. The molecule has 0 saturated heterocycles. The second kappa shape index (κ2) is 4.23. The van der Waals surface area contributed by atoms with Gasteiger partial charge < -0.3 is 4.74 Å². The maximum Gasteiger partial charge on any atom is 0.145 e. The molecule has 0 bridgehead atoms. The smallest absolute Gasteiger partial charge is 0.145 e. The SMILES string of the molecule is COc1cc(Br)ccc1N(C)N=O. The van der Waals surface area contributed by atoms with E-state index in [9.17, 15) is 4.91 Å².